The minimum absolute atomic E-state index is 0.0384. The Morgan fingerprint density at radius 3 is 2.12 bits per heavy atom. The van der Waals surface area contributed by atoms with Gasteiger partial charge in [0.2, 0.25) is 27.7 Å². The fourth-order valence-corrected chi connectivity index (χ4v) is 6.47. The summed E-state index contributed by atoms with van der Waals surface area (Å²) in [5.74, 6) is -1.37. The van der Waals surface area contributed by atoms with Crippen LogP contribution in [0.4, 0.5) is 0 Å². The monoisotopic (exact) mass is 568 g/mol. The second-order valence-electron chi connectivity index (χ2n) is 11.9. The Morgan fingerprint density at radius 2 is 1.62 bits per heavy atom. The second kappa shape index (κ2) is 11.3. The fourth-order valence-electron chi connectivity index (χ4n) is 5.74. The number of hydrogen-bond acceptors (Lipinski definition) is 5. The van der Waals surface area contributed by atoms with Crippen LogP contribution >= 0.6 is 0 Å². The van der Waals surface area contributed by atoms with Crippen LogP contribution in [0, 0.1) is 11.8 Å². The molecule has 3 amide bonds. The fraction of sp³-hybridized carbons (Fsp3) is 0.500. The van der Waals surface area contributed by atoms with Crippen molar-refractivity contribution in [2.24, 2.45) is 11.8 Å². The maximum Gasteiger partial charge on any atom is 0.247 e. The summed E-state index contributed by atoms with van der Waals surface area (Å²) in [6, 6.07) is 11.2. The van der Waals surface area contributed by atoms with E-state index in [4.69, 9.17) is 0 Å². The van der Waals surface area contributed by atoms with Gasteiger partial charge in [0, 0.05) is 5.54 Å². The molecule has 10 heteroatoms. The molecule has 1 heterocycles. The number of carbonyl (C=O) groups excluding carboxylic acids is 3. The van der Waals surface area contributed by atoms with Crippen LogP contribution in [0.5, 0.6) is 0 Å². The summed E-state index contributed by atoms with van der Waals surface area (Å²) in [6.45, 7) is 9.39. The number of sulfonamides is 1. The molecule has 4 atom stereocenters. The highest BCUT2D eigenvalue weighted by Gasteiger charge is 2.50. The Labute approximate surface area is 237 Å². The van der Waals surface area contributed by atoms with Gasteiger partial charge in [-0.3, -0.25) is 14.4 Å². The summed E-state index contributed by atoms with van der Waals surface area (Å²) >= 11 is 0. The number of benzene rings is 2. The molecule has 1 aliphatic heterocycles. The molecular weight excluding hydrogens is 528 g/mol. The third-order valence-corrected chi connectivity index (χ3v) is 9.35. The number of amides is 3. The molecule has 40 heavy (non-hydrogen) atoms. The summed E-state index contributed by atoms with van der Waals surface area (Å²) in [4.78, 5) is 43.6. The van der Waals surface area contributed by atoms with Gasteiger partial charge in [0.1, 0.15) is 18.1 Å². The van der Waals surface area contributed by atoms with Crippen LogP contribution in [0.3, 0.4) is 0 Å². The predicted octanol–water partition coefficient (Wildman–Crippen LogP) is 2.71. The lowest BCUT2D eigenvalue weighted by atomic mass is 9.85. The molecule has 1 saturated heterocycles. The number of piperazine rings is 1. The van der Waals surface area contributed by atoms with Gasteiger partial charge in [-0.1, -0.05) is 56.7 Å². The van der Waals surface area contributed by atoms with Crippen LogP contribution in [0.2, 0.25) is 0 Å². The molecular formula is C30H40N4O5S. The number of nitrogens with zero attached hydrogens (tertiary/aromatic N) is 1. The molecule has 2 aromatic rings. The molecule has 0 spiro atoms. The molecule has 1 fully saturated rings. The summed E-state index contributed by atoms with van der Waals surface area (Å²) in [7, 11) is -2.38. The summed E-state index contributed by atoms with van der Waals surface area (Å²) in [5, 5.41) is 6.01. The van der Waals surface area contributed by atoms with E-state index in [2.05, 4.69) is 15.4 Å². The molecule has 0 aromatic heterocycles. The zero-order valence-electron chi connectivity index (χ0n) is 24.0. The molecule has 0 saturated carbocycles. The van der Waals surface area contributed by atoms with E-state index in [1.807, 2.05) is 58.9 Å². The number of hydrogen-bond donors (Lipinski definition) is 3. The van der Waals surface area contributed by atoms with Gasteiger partial charge in [-0.25, -0.2) is 13.1 Å². The van der Waals surface area contributed by atoms with Crippen molar-refractivity contribution in [3.63, 3.8) is 0 Å². The highest BCUT2D eigenvalue weighted by atomic mass is 32.2. The Kier molecular flexibility index (Phi) is 8.42. The van der Waals surface area contributed by atoms with E-state index in [0.717, 1.165) is 11.1 Å². The van der Waals surface area contributed by atoms with E-state index in [9.17, 15) is 22.8 Å². The quantitative estimate of drug-likeness (QED) is 0.452. The normalized spacial score (nSPS) is 21.5. The van der Waals surface area contributed by atoms with Crippen molar-refractivity contribution in [1.82, 2.24) is 20.3 Å². The second-order valence-corrected chi connectivity index (χ2v) is 13.8. The molecule has 2 aromatic carbocycles. The first-order chi connectivity index (χ1) is 18.8. The Hall–Kier alpha value is -3.24. The van der Waals surface area contributed by atoms with Crippen molar-refractivity contribution in [3.05, 3.63) is 65.2 Å². The SMILES string of the molecule is CC[C@H](C)C1C(=O)NC(C2Cc3ccccc3C2)C(=O)N1C(C(=O)NC(C)(C)C)c1ccc(S(=O)(=O)NC)cc1. The molecule has 9 nitrogen and oxygen atoms in total. The maximum absolute atomic E-state index is 14.4. The number of rotatable bonds is 8. The average molecular weight is 569 g/mol. The van der Waals surface area contributed by atoms with Crippen molar-refractivity contribution in [3.8, 4) is 0 Å². The molecule has 0 radical (unpaired) electrons. The predicted molar refractivity (Wildman–Crippen MR) is 153 cm³/mol. The van der Waals surface area contributed by atoms with Gasteiger partial charge in [-0.05, 0) is 81.3 Å². The van der Waals surface area contributed by atoms with Gasteiger partial charge in [-0.15, -0.1) is 0 Å². The number of fused-ring (bicyclic) bond motifs is 1. The molecule has 3 unspecified atom stereocenters. The van der Waals surface area contributed by atoms with Gasteiger partial charge in [-0.2, -0.15) is 0 Å². The van der Waals surface area contributed by atoms with E-state index in [1.165, 1.54) is 24.1 Å². The molecule has 1 aliphatic carbocycles. The van der Waals surface area contributed by atoms with E-state index in [0.29, 0.717) is 24.8 Å². The molecule has 0 bridgehead atoms. The average Bonchev–Trinajstić information content (AvgIpc) is 3.33. The first-order valence-corrected chi connectivity index (χ1v) is 15.3. The van der Waals surface area contributed by atoms with Gasteiger partial charge in [0.15, 0.2) is 0 Å². The number of carbonyl (C=O) groups is 3. The first-order valence-electron chi connectivity index (χ1n) is 13.8. The Morgan fingerprint density at radius 1 is 1.05 bits per heavy atom. The summed E-state index contributed by atoms with van der Waals surface area (Å²) in [5.41, 5.74) is 2.15. The highest BCUT2D eigenvalue weighted by molar-refractivity contribution is 7.89. The lowest BCUT2D eigenvalue weighted by Crippen LogP contribution is -2.68. The largest absolute Gasteiger partial charge is 0.349 e. The molecule has 3 N–H and O–H groups in total. The van der Waals surface area contributed by atoms with Crippen molar-refractivity contribution >= 4 is 27.7 Å². The lowest BCUT2D eigenvalue weighted by Gasteiger charge is -2.46. The van der Waals surface area contributed by atoms with Crippen LogP contribution in [-0.4, -0.2) is 55.7 Å². The number of nitrogens with one attached hydrogen (secondary N) is 3. The minimum atomic E-state index is -3.70. The van der Waals surface area contributed by atoms with Crippen LogP contribution in [0.1, 0.15) is 63.8 Å². The van der Waals surface area contributed by atoms with Gasteiger partial charge in [0.05, 0.1) is 4.90 Å². The molecule has 2 aliphatic rings. The zero-order chi connectivity index (χ0) is 29.4. The van der Waals surface area contributed by atoms with Crippen molar-refractivity contribution in [2.45, 2.75) is 82.4 Å². The Balaban J connectivity index is 1.80. The van der Waals surface area contributed by atoms with Crippen LogP contribution < -0.4 is 15.4 Å². The van der Waals surface area contributed by atoms with Gasteiger partial charge in [0.25, 0.3) is 0 Å². The van der Waals surface area contributed by atoms with E-state index >= 15 is 0 Å². The highest BCUT2D eigenvalue weighted by Crippen LogP contribution is 2.36. The summed E-state index contributed by atoms with van der Waals surface area (Å²) in [6.07, 6.45) is 1.93. The lowest BCUT2D eigenvalue weighted by molar-refractivity contribution is -0.159. The Bertz CT molecular complexity index is 1360. The van der Waals surface area contributed by atoms with Crippen molar-refractivity contribution in [2.75, 3.05) is 7.05 Å². The zero-order valence-corrected chi connectivity index (χ0v) is 24.8. The van der Waals surface area contributed by atoms with Crippen molar-refractivity contribution < 1.29 is 22.8 Å². The third-order valence-electron chi connectivity index (χ3n) is 7.92. The molecule has 4 rings (SSSR count). The maximum atomic E-state index is 14.4. The topological polar surface area (TPSA) is 125 Å². The van der Waals surface area contributed by atoms with E-state index in [-0.39, 0.29) is 28.5 Å². The molecule has 216 valence electrons. The first kappa shape index (κ1) is 29.7. The minimum Gasteiger partial charge on any atom is -0.349 e. The third kappa shape index (κ3) is 5.93. The van der Waals surface area contributed by atoms with E-state index in [1.54, 1.807) is 12.1 Å². The standard InChI is InChI=1S/C30H40N4O5S/c1-7-18(2)25-27(35)32-24(22-16-20-10-8-9-11-21(20)17-22)29(37)34(25)26(28(36)33-30(3,4)5)19-12-14-23(15-13-19)40(38,39)31-6/h8-15,18,22,24-26,31H,7,16-17H2,1-6H3,(H,32,35)(H,33,36)/t18-,24?,25?,26?/m0/s1. The van der Waals surface area contributed by atoms with E-state index < -0.39 is 39.6 Å². The van der Waals surface area contributed by atoms with Crippen LogP contribution in [0.25, 0.3) is 0 Å². The van der Waals surface area contributed by atoms with Crippen LogP contribution in [-0.2, 0) is 37.2 Å². The summed E-state index contributed by atoms with van der Waals surface area (Å²) < 4.78 is 27.0. The van der Waals surface area contributed by atoms with Crippen molar-refractivity contribution in [1.29, 1.82) is 0 Å². The van der Waals surface area contributed by atoms with Gasteiger partial charge < -0.3 is 15.5 Å². The van der Waals surface area contributed by atoms with Gasteiger partial charge >= 0.3 is 0 Å². The smallest absolute Gasteiger partial charge is 0.247 e. The van der Waals surface area contributed by atoms with Crippen LogP contribution in [0.15, 0.2) is 53.4 Å².